The number of fused-ring (bicyclic) bond motifs is 6. The van der Waals surface area contributed by atoms with Gasteiger partial charge < -0.3 is 9.13 Å². The highest BCUT2D eigenvalue weighted by atomic mass is 15.0. The Morgan fingerprint density at radius 1 is 0.203 bits per heavy atom. The Kier molecular flexibility index (Phi) is 9.20. The predicted molar refractivity (Wildman–Crippen MR) is 270 cm³/mol. The van der Waals surface area contributed by atoms with Crippen LogP contribution in [0.3, 0.4) is 0 Å². The van der Waals surface area contributed by atoms with Crippen LogP contribution in [0.2, 0.25) is 0 Å². The van der Waals surface area contributed by atoms with Crippen LogP contribution in [0, 0.1) is 0 Å². The van der Waals surface area contributed by atoms with Gasteiger partial charge in [-0.2, -0.15) is 0 Å². The summed E-state index contributed by atoms with van der Waals surface area (Å²) in [5.41, 5.74) is 19.0. The predicted octanol–water partition coefficient (Wildman–Crippen LogP) is 16.2. The Hall–Kier alpha value is -8.46. The fourth-order valence-electron chi connectivity index (χ4n) is 9.79. The van der Waals surface area contributed by atoms with Crippen LogP contribution in [0.25, 0.3) is 88.4 Å². The fraction of sp³-hybridized carbons (Fsp3) is 0. The Labute approximate surface area is 372 Å². The van der Waals surface area contributed by atoms with Gasteiger partial charge in [-0.25, -0.2) is 0 Å². The first-order valence-corrected chi connectivity index (χ1v) is 22.0. The van der Waals surface area contributed by atoms with Crippen molar-refractivity contribution in [2.45, 2.75) is 0 Å². The van der Waals surface area contributed by atoms with Crippen LogP contribution in [0.15, 0.2) is 255 Å². The first-order valence-electron chi connectivity index (χ1n) is 22.0. The minimum atomic E-state index is 1.15. The van der Waals surface area contributed by atoms with Gasteiger partial charge in [-0.05, 0) is 104 Å². The SMILES string of the molecule is c1ccc(/C(=C(/c2ccccc2)c2ccc(-c3ccc(-n4c5ccccc5c5ccccc54)cc3)cc2)c2ccc(-c3ccc(-n4c5ccccc5c5ccccc54)cc3)cc2)cc1. The van der Waals surface area contributed by atoms with Gasteiger partial charge in [0.25, 0.3) is 0 Å². The van der Waals surface area contributed by atoms with Crippen LogP contribution < -0.4 is 0 Å². The van der Waals surface area contributed by atoms with E-state index < -0.39 is 0 Å². The van der Waals surface area contributed by atoms with Crippen LogP contribution in [0.4, 0.5) is 0 Å². The summed E-state index contributed by atoms with van der Waals surface area (Å²) in [6.07, 6.45) is 0. The van der Waals surface area contributed by atoms with Crippen molar-refractivity contribution in [3.05, 3.63) is 277 Å². The molecule has 12 aromatic rings. The number of hydrogen-bond donors (Lipinski definition) is 0. The van der Waals surface area contributed by atoms with E-state index in [2.05, 4.69) is 264 Å². The van der Waals surface area contributed by atoms with E-state index in [1.807, 2.05) is 0 Å². The molecule has 0 N–H and O–H groups in total. The van der Waals surface area contributed by atoms with Gasteiger partial charge >= 0.3 is 0 Å². The molecule has 2 heteroatoms. The lowest BCUT2D eigenvalue weighted by atomic mass is 9.85. The molecule has 0 unspecified atom stereocenters. The number of aromatic nitrogens is 2. The van der Waals surface area contributed by atoms with Gasteiger partial charge in [-0.3, -0.25) is 0 Å². The van der Waals surface area contributed by atoms with Gasteiger partial charge in [-0.1, -0.05) is 206 Å². The maximum absolute atomic E-state index is 2.37. The highest BCUT2D eigenvalue weighted by Gasteiger charge is 2.18. The molecule has 0 radical (unpaired) electrons. The first kappa shape index (κ1) is 37.3. The van der Waals surface area contributed by atoms with Crippen LogP contribution in [-0.4, -0.2) is 9.13 Å². The number of nitrogens with zero attached hydrogens (tertiary/aromatic N) is 2. The first-order chi connectivity index (χ1) is 31.8. The van der Waals surface area contributed by atoms with E-state index in [0.29, 0.717) is 0 Å². The van der Waals surface area contributed by atoms with Crippen LogP contribution >= 0.6 is 0 Å². The molecule has 2 heterocycles. The summed E-state index contributed by atoms with van der Waals surface area (Å²) in [4.78, 5) is 0. The molecule has 0 amide bonds. The van der Waals surface area contributed by atoms with E-state index in [0.717, 1.165) is 11.4 Å². The minimum Gasteiger partial charge on any atom is -0.309 e. The quantitative estimate of drug-likeness (QED) is 0.135. The third-order valence-corrected chi connectivity index (χ3v) is 12.8. The van der Waals surface area contributed by atoms with Gasteiger partial charge in [0.1, 0.15) is 0 Å². The standard InChI is InChI=1S/C62H42N2/c1-3-15-47(16-4-1)61(49-31-27-43(28-32-49)45-35-39-51(40-36-45)63-57-23-11-7-19-53(57)54-20-8-12-24-58(54)63)62(48-17-5-2-6-18-48)50-33-29-44(30-34-50)46-37-41-52(42-38-46)64-59-25-13-9-21-55(59)56-22-10-14-26-60(56)64/h1-42H/b62-61+. The van der Waals surface area contributed by atoms with Crippen molar-refractivity contribution in [1.29, 1.82) is 0 Å². The summed E-state index contributed by atoms with van der Waals surface area (Å²) >= 11 is 0. The van der Waals surface area contributed by atoms with Crippen molar-refractivity contribution >= 4 is 54.8 Å². The maximum Gasteiger partial charge on any atom is 0.0541 e. The van der Waals surface area contributed by atoms with Gasteiger partial charge in [0.05, 0.1) is 22.1 Å². The molecule has 0 saturated heterocycles. The molecule has 0 saturated carbocycles. The van der Waals surface area contributed by atoms with Crippen LogP contribution in [0.5, 0.6) is 0 Å². The second-order valence-electron chi connectivity index (χ2n) is 16.5. The number of para-hydroxylation sites is 4. The zero-order valence-electron chi connectivity index (χ0n) is 35.1. The van der Waals surface area contributed by atoms with Gasteiger partial charge in [0.2, 0.25) is 0 Å². The van der Waals surface area contributed by atoms with Gasteiger partial charge in [0.15, 0.2) is 0 Å². The van der Waals surface area contributed by atoms with Crippen molar-refractivity contribution in [3.8, 4) is 33.6 Å². The molecule has 0 atom stereocenters. The van der Waals surface area contributed by atoms with E-state index in [-0.39, 0.29) is 0 Å². The van der Waals surface area contributed by atoms with Crippen molar-refractivity contribution in [1.82, 2.24) is 9.13 Å². The molecule has 2 nitrogen and oxygen atoms in total. The summed E-state index contributed by atoms with van der Waals surface area (Å²) in [5.74, 6) is 0. The average molecular weight is 815 g/mol. The second kappa shape index (κ2) is 15.8. The molecule has 0 aliphatic heterocycles. The molecule has 300 valence electrons. The molecule has 0 bridgehead atoms. The number of benzene rings is 10. The highest BCUT2D eigenvalue weighted by Crippen LogP contribution is 2.39. The van der Waals surface area contributed by atoms with E-state index in [1.54, 1.807) is 0 Å². The lowest BCUT2D eigenvalue weighted by Gasteiger charge is -2.19. The fourth-order valence-corrected chi connectivity index (χ4v) is 9.79. The Bertz CT molecular complexity index is 3290. The highest BCUT2D eigenvalue weighted by molar-refractivity contribution is 6.10. The number of rotatable bonds is 8. The third kappa shape index (κ3) is 6.44. The van der Waals surface area contributed by atoms with E-state index >= 15 is 0 Å². The molecular formula is C62H42N2. The van der Waals surface area contributed by atoms with E-state index in [9.17, 15) is 0 Å². The topological polar surface area (TPSA) is 9.86 Å². The van der Waals surface area contributed by atoms with Crippen molar-refractivity contribution in [2.24, 2.45) is 0 Å². The summed E-state index contributed by atoms with van der Waals surface area (Å²) in [6.45, 7) is 0. The zero-order chi connectivity index (χ0) is 42.4. The molecule has 0 aliphatic carbocycles. The summed E-state index contributed by atoms with van der Waals surface area (Å²) in [7, 11) is 0. The van der Waals surface area contributed by atoms with Crippen molar-refractivity contribution in [3.63, 3.8) is 0 Å². The minimum absolute atomic E-state index is 1.15. The van der Waals surface area contributed by atoms with Crippen LogP contribution in [-0.2, 0) is 0 Å². The van der Waals surface area contributed by atoms with Crippen molar-refractivity contribution < 1.29 is 0 Å². The largest absolute Gasteiger partial charge is 0.309 e. The summed E-state index contributed by atoms with van der Waals surface area (Å²) in [6, 6.07) is 92.5. The molecule has 0 fully saturated rings. The molecule has 0 spiro atoms. The molecule has 12 rings (SSSR count). The Morgan fingerprint density at radius 3 is 0.734 bits per heavy atom. The molecule has 0 aliphatic rings. The van der Waals surface area contributed by atoms with Crippen LogP contribution in [0.1, 0.15) is 22.3 Å². The van der Waals surface area contributed by atoms with E-state index in [4.69, 9.17) is 0 Å². The zero-order valence-corrected chi connectivity index (χ0v) is 35.1. The van der Waals surface area contributed by atoms with Crippen molar-refractivity contribution in [2.75, 3.05) is 0 Å². The monoisotopic (exact) mass is 814 g/mol. The Morgan fingerprint density at radius 2 is 0.438 bits per heavy atom. The lowest BCUT2D eigenvalue weighted by molar-refractivity contribution is 1.18. The second-order valence-corrected chi connectivity index (χ2v) is 16.5. The average Bonchev–Trinajstić information content (AvgIpc) is 3.90. The number of hydrogen-bond acceptors (Lipinski definition) is 0. The third-order valence-electron chi connectivity index (χ3n) is 12.8. The molecule has 10 aromatic carbocycles. The maximum atomic E-state index is 2.37. The van der Waals surface area contributed by atoms with Gasteiger partial charge in [-0.15, -0.1) is 0 Å². The van der Waals surface area contributed by atoms with E-state index in [1.165, 1.54) is 99.3 Å². The normalized spacial score (nSPS) is 12.0. The lowest BCUT2D eigenvalue weighted by Crippen LogP contribution is -1.98. The summed E-state index contributed by atoms with van der Waals surface area (Å²) < 4.78 is 4.74. The molecular weight excluding hydrogens is 773 g/mol. The summed E-state index contributed by atoms with van der Waals surface area (Å²) in [5, 5.41) is 5.08. The smallest absolute Gasteiger partial charge is 0.0541 e. The Balaban J connectivity index is 0.905. The molecule has 64 heavy (non-hydrogen) atoms. The molecule has 2 aromatic heterocycles. The van der Waals surface area contributed by atoms with Gasteiger partial charge in [0, 0.05) is 32.9 Å².